The summed E-state index contributed by atoms with van der Waals surface area (Å²) in [4.78, 5) is 67.7. The molecule has 1 aliphatic heterocycles. The first-order chi connectivity index (χ1) is 29.0. The van der Waals surface area contributed by atoms with Gasteiger partial charge in [-0.3, -0.25) is 39.3 Å². The summed E-state index contributed by atoms with van der Waals surface area (Å²) in [5.41, 5.74) is 13.2. The highest BCUT2D eigenvalue weighted by Crippen LogP contribution is 2.32. The van der Waals surface area contributed by atoms with Crippen molar-refractivity contribution in [3.63, 3.8) is 0 Å². The van der Waals surface area contributed by atoms with Crippen molar-refractivity contribution in [2.75, 3.05) is 50.1 Å². The summed E-state index contributed by atoms with van der Waals surface area (Å²) in [5, 5.41) is 21.9. The fraction of sp³-hybridized carbons (Fsp3) is 0.395. The third-order valence-corrected chi connectivity index (χ3v) is 10.0. The number of morpholine rings is 1. The van der Waals surface area contributed by atoms with Gasteiger partial charge in [-0.2, -0.15) is 0 Å². The van der Waals surface area contributed by atoms with Gasteiger partial charge in [-0.1, -0.05) is 12.2 Å². The Balaban J connectivity index is 1.22. The van der Waals surface area contributed by atoms with Gasteiger partial charge < -0.3 is 34.6 Å². The van der Waals surface area contributed by atoms with Gasteiger partial charge >= 0.3 is 0 Å². The number of carbonyl (C=O) groups excluding carboxylic acids is 4. The Morgan fingerprint density at radius 2 is 1.33 bits per heavy atom. The SMILES string of the molecule is CCn1c(C)nnc1C(=O)Nc1nc2cc(C(N)=O)cnc2n1CC=CCn1c(NC(=O)c2nnc(C)n2CC)nc2cc(C(N)=O)cc(OCCCN3CCOCC3)c21. The number of aryl methyl sites for hydroxylation is 2. The van der Waals surface area contributed by atoms with Crippen molar-refractivity contribution in [1.82, 2.24) is 58.5 Å². The van der Waals surface area contributed by atoms with Crippen molar-refractivity contribution in [2.45, 2.75) is 60.3 Å². The normalized spacial score (nSPS) is 13.4. The minimum atomic E-state index is -0.681. The van der Waals surface area contributed by atoms with E-state index >= 15 is 0 Å². The third kappa shape index (κ3) is 8.54. The number of benzene rings is 1. The molecule has 22 nitrogen and oxygen atoms in total. The minimum absolute atomic E-state index is 0.0995. The van der Waals surface area contributed by atoms with E-state index in [1.165, 1.54) is 12.3 Å². The first-order valence-electron chi connectivity index (χ1n) is 19.5. The summed E-state index contributed by atoms with van der Waals surface area (Å²) >= 11 is 0. The molecule has 1 aromatic carbocycles. The zero-order valence-electron chi connectivity index (χ0n) is 33.7. The van der Waals surface area contributed by atoms with Gasteiger partial charge in [0.2, 0.25) is 35.4 Å². The molecular formula is C38H46N16O6. The number of imidazole rings is 2. The van der Waals surface area contributed by atoms with E-state index < -0.39 is 23.6 Å². The molecule has 1 aliphatic rings. The average molecular weight is 823 g/mol. The largest absolute Gasteiger partial charge is 0.491 e. The Morgan fingerprint density at radius 1 is 0.767 bits per heavy atom. The monoisotopic (exact) mass is 822 g/mol. The van der Waals surface area contributed by atoms with Crippen LogP contribution in [0.4, 0.5) is 11.9 Å². The molecule has 6 heterocycles. The molecule has 7 rings (SSSR count). The molecule has 0 unspecified atom stereocenters. The maximum atomic E-state index is 13.7. The van der Waals surface area contributed by atoms with Crippen LogP contribution in [-0.2, 0) is 30.9 Å². The Kier molecular flexibility index (Phi) is 12.2. The van der Waals surface area contributed by atoms with Crippen LogP contribution in [0, 0.1) is 13.8 Å². The van der Waals surface area contributed by atoms with Gasteiger partial charge in [0, 0.05) is 57.6 Å². The van der Waals surface area contributed by atoms with E-state index in [4.69, 9.17) is 25.9 Å². The number of nitrogens with two attached hydrogens (primary N) is 2. The third-order valence-electron chi connectivity index (χ3n) is 10.0. The number of allylic oxidation sites excluding steroid dienone is 2. The number of carbonyl (C=O) groups is 4. The number of fused-ring (bicyclic) bond motifs is 2. The number of ether oxygens (including phenoxy) is 2. The lowest BCUT2D eigenvalue weighted by molar-refractivity contribution is 0.0358. The molecule has 5 aromatic heterocycles. The Morgan fingerprint density at radius 3 is 1.93 bits per heavy atom. The van der Waals surface area contributed by atoms with E-state index in [-0.39, 0.29) is 47.8 Å². The van der Waals surface area contributed by atoms with Crippen molar-refractivity contribution >= 4 is 57.7 Å². The summed E-state index contributed by atoms with van der Waals surface area (Å²) in [6.07, 6.45) is 5.68. The molecule has 22 heteroatoms. The minimum Gasteiger partial charge on any atom is -0.491 e. The van der Waals surface area contributed by atoms with Crippen molar-refractivity contribution in [2.24, 2.45) is 11.5 Å². The number of pyridine rings is 1. The number of anilines is 2. The van der Waals surface area contributed by atoms with Crippen LogP contribution in [0.1, 0.15) is 73.9 Å². The smallest absolute Gasteiger partial charge is 0.295 e. The summed E-state index contributed by atoms with van der Waals surface area (Å²) in [5.74, 6) is -0.439. The number of nitrogens with zero attached hydrogens (tertiary/aromatic N) is 12. The average Bonchev–Trinajstić information content (AvgIpc) is 4.00. The van der Waals surface area contributed by atoms with Gasteiger partial charge in [0.25, 0.3) is 11.8 Å². The number of amides is 4. The summed E-state index contributed by atoms with van der Waals surface area (Å²) in [7, 11) is 0. The van der Waals surface area contributed by atoms with E-state index in [1.807, 2.05) is 26.0 Å². The maximum absolute atomic E-state index is 13.7. The number of hydrogen-bond donors (Lipinski definition) is 4. The van der Waals surface area contributed by atoms with Gasteiger partial charge in [0.05, 0.1) is 30.9 Å². The van der Waals surface area contributed by atoms with Crippen LogP contribution in [0.15, 0.2) is 36.5 Å². The lowest BCUT2D eigenvalue weighted by Gasteiger charge is -2.26. The van der Waals surface area contributed by atoms with Gasteiger partial charge in [0.1, 0.15) is 28.4 Å². The van der Waals surface area contributed by atoms with E-state index in [0.717, 1.165) is 19.6 Å². The Hall–Kier alpha value is -7.07. The topological polar surface area (TPSA) is 276 Å². The second-order valence-corrected chi connectivity index (χ2v) is 13.9. The number of rotatable bonds is 17. The molecule has 1 fully saturated rings. The molecule has 60 heavy (non-hydrogen) atoms. The molecule has 0 aliphatic carbocycles. The number of hydrogen-bond acceptors (Lipinski definition) is 14. The van der Waals surface area contributed by atoms with Gasteiger partial charge in [-0.25, -0.2) is 15.0 Å². The molecule has 6 aromatic rings. The van der Waals surface area contributed by atoms with Crippen LogP contribution in [0.3, 0.4) is 0 Å². The number of primary amides is 2. The van der Waals surface area contributed by atoms with E-state index in [9.17, 15) is 19.2 Å². The zero-order chi connectivity index (χ0) is 42.5. The van der Waals surface area contributed by atoms with Gasteiger partial charge in [0.15, 0.2) is 5.65 Å². The molecule has 4 amide bonds. The van der Waals surface area contributed by atoms with Crippen molar-refractivity contribution in [3.8, 4) is 5.75 Å². The fourth-order valence-electron chi connectivity index (χ4n) is 6.99. The van der Waals surface area contributed by atoms with Crippen LogP contribution in [0.2, 0.25) is 0 Å². The van der Waals surface area contributed by atoms with Crippen molar-refractivity contribution < 1.29 is 28.7 Å². The first kappa shape index (κ1) is 41.1. The Labute approximate surface area is 342 Å². The second-order valence-electron chi connectivity index (χ2n) is 13.9. The summed E-state index contributed by atoms with van der Waals surface area (Å²) in [6.45, 7) is 12.7. The fourth-order valence-corrected chi connectivity index (χ4v) is 6.99. The molecule has 0 spiro atoms. The predicted molar refractivity (Wildman–Crippen MR) is 218 cm³/mol. The molecule has 6 N–H and O–H groups in total. The van der Waals surface area contributed by atoms with Crippen LogP contribution >= 0.6 is 0 Å². The van der Waals surface area contributed by atoms with E-state index in [0.29, 0.717) is 78.9 Å². The lowest BCUT2D eigenvalue weighted by atomic mass is 10.1. The quantitative estimate of drug-likeness (QED) is 0.0753. The van der Waals surface area contributed by atoms with Crippen molar-refractivity contribution in [3.05, 3.63) is 71.0 Å². The Bertz CT molecular complexity index is 2610. The first-order valence-corrected chi connectivity index (χ1v) is 19.5. The standard InChI is InChI=1S/C38H46N16O6/c1-5-51-22(3)46-48-33(51)35(57)44-37-42-26-18-24(30(39)55)20-28(60-15-9-10-50-13-16-59-17-14-50)29(26)53(37)11-7-8-12-54-32-27(19-25(21-41-32)31(40)56)43-38(54)45-36(58)34-49-47-23(4)52(34)6-2/h7-8,18-21H,5-6,9-17H2,1-4H3,(H2,39,55)(H2,40,56)(H,42,44,57)(H,43,45,58). The van der Waals surface area contributed by atoms with Crippen LogP contribution in [-0.4, -0.2) is 122 Å². The maximum Gasteiger partial charge on any atom is 0.295 e. The number of aromatic nitrogens is 11. The second kappa shape index (κ2) is 17.8. The van der Waals surface area contributed by atoms with Crippen molar-refractivity contribution in [1.29, 1.82) is 0 Å². The molecule has 0 atom stereocenters. The van der Waals surface area contributed by atoms with Crippen LogP contribution in [0.25, 0.3) is 22.2 Å². The lowest BCUT2D eigenvalue weighted by Crippen LogP contribution is -2.37. The van der Waals surface area contributed by atoms with Gasteiger partial charge in [-0.05, 0) is 52.3 Å². The summed E-state index contributed by atoms with van der Waals surface area (Å²) in [6, 6.07) is 4.62. The molecule has 1 saturated heterocycles. The molecule has 0 bridgehead atoms. The van der Waals surface area contributed by atoms with E-state index in [1.54, 1.807) is 44.2 Å². The van der Waals surface area contributed by atoms with Crippen LogP contribution in [0.5, 0.6) is 5.75 Å². The highest BCUT2D eigenvalue weighted by Gasteiger charge is 2.24. The molecule has 314 valence electrons. The summed E-state index contributed by atoms with van der Waals surface area (Å²) < 4.78 is 18.6. The van der Waals surface area contributed by atoms with E-state index in [2.05, 4.69) is 45.9 Å². The highest BCUT2D eigenvalue weighted by molar-refractivity contribution is 6.04. The molecule has 0 saturated carbocycles. The number of nitrogens with one attached hydrogen (secondary N) is 2. The highest BCUT2D eigenvalue weighted by atomic mass is 16.5. The zero-order valence-corrected chi connectivity index (χ0v) is 33.7. The van der Waals surface area contributed by atoms with Crippen LogP contribution < -0.4 is 26.8 Å². The molecular weight excluding hydrogens is 777 g/mol. The predicted octanol–water partition coefficient (Wildman–Crippen LogP) is 1.68. The molecule has 0 radical (unpaired) electrons. The van der Waals surface area contributed by atoms with Gasteiger partial charge in [-0.15, -0.1) is 20.4 Å².